The second-order valence-electron chi connectivity index (χ2n) is 3.38. The standard InChI is InChI=1S/C9H17NOS/c1-9(8-11)7-10-3-2-5-12-6-4-10/h8-9H,2-7H2,1H3. The van der Waals surface area contributed by atoms with E-state index in [1.165, 1.54) is 24.5 Å². The molecule has 12 heavy (non-hydrogen) atoms. The molecule has 1 heterocycles. The number of carbonyl (C=O) groups is 1. The van der Waals surface area contributed by atoms with E-state index in [-0.39, 0.29) is 5.92 Å². The number of hydrogen-bond donors (Lipinski definition) is 0. The van der Waals surface area contributed by atoms with Crippen molar-refractivity contribution in [2.45, 2.75) is 13.3 Å². The molecule has 2 nitrogen and oxygen atoms in total. The Labute approximate surface area is 78.7 Å². The second-order valence-corrected chi connectivity index (χ2v) is 4.60. The Morgan fingerprint density at radius 3 is 3.08 bits per heavy atom. The van der Waals surface area contributed by atoms with E-state index in [9.17, 15) is 4.79 Å². The molecule has 0 N–H and O–H groups in total. The second kappa shape index (κ2) is 5.60. The molecule has 3 heteroatoms. The van der Waals surface area contributed by atoms with Gasteiger partial charge < -0.3 is 9.69 Å². The molecule has 1 rings (SSSR count). The van der Waals surface area contributed by atoms with Gasteiger partial charge in [-0.2, -0.15) is 11.8 Å². The zero-order valence-electron chi connectivity index (χ0n) is 7.66. The van der Waals surface area contributed by atoms with Gasteiger partial charge in [0.15, 0.2) is 0 Å². The summed E-state index contributed by atoms with van der Waals surface area (Å²) in [7, 11) is 0. The van der Waals surface area contributed by atoms with Crippen LogP contribution >= 0.6 is 11.8 Å². The van der Waals surface area contributed by atoms with Crippen LogP contribution < -0.4 is 0 Å². The van der Waals surface area contributed by atoms with E-state index in [1.807, 2.05) is 18.7 Å². The van der Waals surface area contributed by atoms with Gasteiger partial charge in [-0.15, -0.1) is 0 Å². The van der Waals surface area contributed by atoms with E-state index < -0.39 is 0 Å². The monoisotopic (exact) mass is 187 g/mol. The van der Waals surface area contributed by atoms with Crippen molar-refractivity contribution >= 4 is 18.0 Å². The smallest absolute Gasteiger partial charge is 0.124 e. The molecule has 0 bridgehead atoms. The van der Waals surface area contributed by atoms with Crippen LogP contribution in [-0.4, -0.2) is 42.3 Å². The summed E-state index contributed by atoms with van der Waals surface area (Å²) < 4.78 is 0. The van der Waals surface area contributed by atoms with Crippen LogP contribution in [0.4, 0.5) is 0 Å². The third kappa shape index (κ3) is 3.59. The molecule has 0 aromatic rings. The first-order chi connectivity index (χ1) is 5.83. The van der Waals surface area contributed by atoms with Crippen molar-refractivity contribution < 1.29 is 4.79 Å². The topological polar surface area (TPSA) is 20.3 Å². The van der Waals surface area contributed by atoms with Crippen molar-refractivity contribution in [3.05, 3.63) is 0 Å². The fourth-order valence-electron chi connectivity index (χ4n) is 1.43. The third-order valence-corrected chi connectivity index (χ3v) is 3.14. The minimum atomic E-state index is 0.202. The van der Waals surface area contributed by atoms with E-state index in [1.54, 1.807) is 0 Å². The first-order valence-corrected chi connectivity index (χ1v) is 5.74. The molecule has 70 valence electrons. The van der Waals surface area contributed by atoms with Crippen LogP contribution in [0.1, 0.15) is 13.3 Å². The number of thioether (sulfide) groups is 1. The normalized spacial score (nSPS) is 23.1. The largest absolute Gasteiger partial charge is 0.303 e. The molecule has 0 aromatic heterocycles. The maximum absolute atomic E-state index is 10.4. The van der Waals surface area contributed by atoms with Crippen LogP contribution in [0.2, 0.25) is 0 Å². The zero-order valence-corrected chi connectivity index (χ0v) is 8.48. The number of hydrogen-bond acceptors (Lipinski definition) is 3. The number of aldehydes is 1. The predicted octanol–water partition coefficient (Wildman–Crippen LogP) is 1.26. The molecule has 1 atom stereocenters. The first-order valence-electron chi connectivity index (χ1n) is 4.58. The third-order valence-electron chi connectivity index (χ3n) is 2.09. The summed E-state index contributed by atoms with van der Waals surface area (Å²) in [6, 6.07) is 0. The van der Waals surface area contributed by atoms with Crippen molar-refractivity contribution in [3.63, 3.8) is 0 Å². The van der Waals surface area contributed by atoms with E-state index in [0.717, 1.165) is 19.4 Å². The van der Waals surface area contributed by atoms with Crippen LogP contribution in [0.5, 0.6) is 0 Å². The van der Waals surface area contributed by atoms with E-state index in [4.69, 9.17) is 0 Å². The van der Waals surface area contributed by atoms with Crippen molar-refractivity contribution in [3.8, 4) is 0 Å². The summed E-state index contributed by atoms with van der Waals surface area (Å²) in [6.45, 7) is 5.27. The minimum absolute atomic E-state index is 0.202. The SMILES string of the molecule is CC(C=O)CN1CCCSCC1. The van der Waals surface area contributed by atoms with E-state index in [0.29, 0.717) is 0 Å². The highest BCUT2D eigenvalue weighted by Crippen LogP contribution is 2.10. The Bertz CT molecular complexity index is 132. The molecule has 1 aliphatic heterocycles. The first kappa shape index (κ1) is 10.1. The van der Waals surface area contributed by atoms with Crippen molar-refractivity contribution in [1.29, 1.82) is 0 Å². The lowest BCUT2D eigenvalue weighted by atomic mass is 10.2. The molecule has 1 aliphatic rings. The molecular formula is C9H17NOS. The lowest BCUT2D eigenvalue weighted by Crippen LogP contribution is -2.31. The minimum Gasteiger partial charge on any atom is -0.303 e. The van der Waals surface area contributed by atoms with Gasteiger partial charge in [-0.05, 0) is 18.7 Å². The number of carbonyl (C=O) groups excluding carboxylic acids is 1. The highest BCUT2D eigenvalue weighted by molar-refractivity contribution is 7.99. The van der Waals surface area contributed by atoms with Gasteiger partial charge in [-0.25, -0.2) is 0 Å². The molecule has 0 amide bonds. The van der Waals surface area contributed by atoms with Crippen LogP contribution in [0.15, 0.2) is 0 Å². The van der Waals surface area contributed by atoms with Crippen LogP contribution in [-0.2, 0) is 4.79 Å². The zero-order chi connectivity index (χ0) is 8.81. The highest BCUT2D eigenvalue weighted by atomic mass is 32.2. The lowest BCUT2D eigenvalue weighted by molar-refractivity contribution is -0.111. The summed E-state index contributed by atoms with van der Waals surface area (Å²) >= 11 is 2.02. The molecule has 1 fully saturated rings. The average Bonchev–Trinajstić information content (AvgIpc) is 2.33. The Balaban J connectivity index is 2.24. The van der Waals surface area contributed by atoms with Gasteiger partial charge in [-0.1, -0.05) is 6.92 Å². The fraction of sp³-hybridized carbons (Fsp3) is 0.889. The Morgan fingerprint density at radius 2 is 2.33 bits per heavy atom. The molecular weight excluding hydrogens is 170 g/mol. The summed E-state index contributed by atoms with van der Waals surface area (Å²) in [5, 5.41) is 0. The molecule has 0 aromatic carbocycles. The molecule has 0 aliphatic carbocycles. The average molecular weight is 187 g/mol. The van der Waals surface area contributed by atoms with Gasteiger partial charge in [0.1, 0.15) is 6.29 Å². The summed E-state index contributed by atoms with van der Waals surface area (Å²) in [5.74, 6) is 2.71. The predicted molar refractivity (Wildman–Crippen MR) is 53.6 cm³/mol. The maximum Gasteiger partial charge on any atom is 0.124 e. The van der Waals surface area contributed by atoms with Gasteiger partial charge in [0.25, 0.3) is 0 Å². The van der Waals surface area contributed by atoms with Crippen LogP contribution in [0.25, 0.3) is 0 Å². The van der Waals surface area contributed by atoms with Crippen molar-refractivity contribution in [1.82, 2.24) is 4.90 Å². The van der Waals surface area contributed by atoms with Crippen molar-refractivity contribution in [2.24, 2.45) is 5.92 Å². The molecule has 0 radical (unpaired) electrons. The van der Waals surface area contributed by atoms with Gasteiger partial charge in [0.05, 0.1) is 0 Å². The number of nitrogens with zero attached hydrogens (tertiary/aromatic N) is 1. The molecule has 0 saturated carbocycles. The van der Waals surface area contributed by atoms with Crippen LogP contribution in [0, 0.1) is 5.92 Å². The summed E-state index contributed by atoms with van der Waals surface area (Å²) in [6.07, 6.45) is 2.33. The Morgan fingerprint density at radius 1 is 1.50 bits per heavy atom. The lowest BCUT2D eigenvalue weighted by Gasteiger charge is -2.20. The van der Waals surface area contributed by atoms with Crippen LogP contribution in [0.3, 0.4) is 0 Å². The molecule has 0 spiro atoms. The van der Waals surface area contributed by atoms with Gasteiger partial charge in [-0.3, -0.25) is 0 Å². The molecule has 1 saturated heterocycles. The Hall–Kier alpha value is -0.0200. The fourth-order valence-corrected chi connectivity index (χ4v) is 2.36. The van der Waals surface area contributed by atoms with E-state index >= 15 is 0 Å². The van der Waals surface area contributed by atoms with Crippen molar-refractivity contribution in [2.75, 3.05) is 31.1 Å². The quantitative estimate of drug-likeness (QED) is 0.620. The van der Waals surface area contributed by atoms with E-state index in [2.05, 4.69) is 4.90 Å². The van der Waals surface area contributed by atoms with Gasteiger partial charge >= 0.3 is 0 Å². The maximum atomic E-state index is 10.4. The Kier molecular flexibility index (Phi) is 4.69. The number of rotatable bonds is 3. The molecule has 1 unspecified atom stereocenters. The highest BCUT2D eigenvalue weighted by Gasteiger charge is 2.11. The van der Waals surface area contributed by atoms with Gasteiger partial charge in [0, 0.05) is 24.8 Å². The summed E-state index contributed by atoms with van der Waals surface area (Å²) in [4.78, 5) is 12.8. The summed E-state index contributed by atoms with van der Waals surface area (Å²) in [5.41, 5.74) is 0. The van der Waals surface area contributed by atoms with Gasteiger partial charge in [0.2, 0.25) is 0 Å².